The van der Waals surface area contributed by atoms with E-state index in [0.717, 1.165) is 18.3 Å². The molecular weight excluding hydrogens is 243 g/mol. The van der Waals surface area contributed by atoms with Crippen molar-refractivity contribution in [3.8, 4) is 5.75 Å². The minimum atomic E-state index is -0.259. The minimum absolute atomic E-state index is 0.209. The third-order valence-corrected chi connectivity index (χ3v) is 2.83. The molecule has 98 valence electrons. The Kier molecular flexibility index (Phi) is 4.67. The highest BCUT2D eigenvalue weighted by atomic mass is 19.1. The van der Waals surface area contributed by atoms with Gasteiger partial charge in [-0.3, -0.25) is 0 Å². The van der Waals surface area contributed by atoms with E-state index in [-0.39, 0.29) is 12.4 Å². The predicted octanol–water partition coefficient (Wildman–Crippen LogP) is 3.54. The third kappa shape index (κ3) is 3.91. The van der Waals surface area contributed by atoms with E-state index < -0.39 is 0 Å². The Balaban J connectivity index is 1.93. The molecule has 0 aliphatic carbocycles. The summed E-state index contributed by atoms with van der Waals surface area (Å²) in [6.45, 7) is 0.209. The molecule has 0 spiro atoms. The van der Waals surface area contributed by atoms with Crippen LogP contribution in [0.5, 0.6) is 5.75 Å². The number of carbonyl (C=O) groups excluding carboxylic acids is 1. The molecule has 0 N–H and O–H groups in total. The maximum atomic E-state index is 13.4. The molecule has 0 amide bonds. The zero-order chi connectivity index (χ0) is 13.5. The van der Waals surface area contributed by atoms with Crippen molar-refractivity contribution in [1.82, 2.24) is 0 Å². The number of halogens is 1. The van der Waals surface area contributed by atoms with Crippen molar-refractivity contribution in [3.63, 3.8) is 0 Å². The number of rotatable bonds is 6. The summed E-state index contributed by atoms with van der Waals surface area (Å²) in [5.41, 5.74) is 1.62. The molecule has 0 atom stereocenters. The molecule has 2 aromatic rings. The zero-order valence-corrected chi connectivity index (χ0v) is 10.5. The molecule has 0 heterocycles. The Morgan fingerprint density at radius 3 is 2.47 bits per heavy atom. The van der Waals surface area contributed by atoms with Crippen LogP contribution in [0.3, 0.4) is 0 Å². The van der Waals surface area contributed by atoms with Crippen molar-refractivity contribution in [2.45, 2.75) is 19.4 Å². The molecule has 0 saturated heterocycles. The first kappa shape index (κ1) is 13.3. The Morgan fingerprint density at radius 1 is 1.05 bits per heavy atom. The molecule has 2 rings (SSSR count). The number of carbonyl (C=O) groups is 1. The first-order valence-electron chi connectivity index (χ1n) is 6.18. The van der Waals surface area contributed by atoms with Crippen LogP contribution >= 0.6 is 0 Å². The zero-order valence-electron chi connectivity index (χ0n) is 10.5. The van der Waals surface area contributed by atoms with Crippen molar-refractivity contribution in [3.05, 3.63) is 65.5 Å². The molecule has 0 aromatic heterocycles. The van der Waals surface area contributed by atoms with E-state index in [1.165, 1.54) is 6.07 Å². The summed E-state index contributed by atoms with van der Waals surface area (Å²) in [6, 6.07) is 14.1. The molecule has 3 heteroatoms. The van der Waals surface area contributed by atoms with Gasteiger partial charge in [-0.2, -0.15) is 0 Å². The number of ether oxygens (including phenoxy) is 1. The van der Waals surface area contributed by atoms with Crippen LogP contribution in [0.1, 0.15) is 17.5 Å². The highest BCUT2D eigenvalue weighted by Crippen LogP contribution is 2.16. The SMILES string of the molecule is O=CCCc1ccc(OCc2ccccc2F)cc1. The Morgan fingerprint density at radius 2 is 1.79 bits per heavy atom. The molecule has 0 unspecified atom stereocenters. The van der Waals surface area contributed by atoms with Gasteiger partial charge < -0.3 is 9.53 Å². The van der Waals surface area contributed by atoms with E-state index in [2.05, 4.69) is 0 Å². The second kappa shape index (κ2) is 6.69. The number of aldehydes is 1. The average molecular weight is 258 g/mol. The van der Waals surface area contributed by atoms with E-state index in [4.69, 9.17) is 4.74 Å². The van der Waals surface area contributed by atoms with E-state index in [9.17, 15) is 9.18 Å². The molecule has 0 fully saturated rings. The third-order valence-electron chi connectivity index (χ3n) is 2.83. The Bertz CT molecular complexity index is 535. The summed E-state index contributed by atoms with van der Waals surface area (Å²) in [5, 5.41) is 0. The van der Waals surface area contributed by atoms with Gasteiger partial charge in [-0.1, -0.05) is 30.3 Å². The van der Waals surface area contributed by atoms with Gasteiger partial charge in [0, 0.05) is 12.0 Å². The second-order valence-electron chi connectivity index (χ2n) is 4.23. The van der Waals surface area contributed by atoms with Crippen molar-refractivity contribution in [2.24, 2.45) is 0 Å². The summed E-state index contributed by atoms with van der Waals surface area (Å²) in [4.78, 5) is 10.3. The van der Waals surface area contributed by atoms with Gasteiger partial charge in [0.15, 0.2) is 0 Å². The lowest BCUT2D eigenvalue weighted by Crippen LogP contribution is -1.98. The minimum Gasteiger partial charge on any atom is -0.489 e. The van der Waals surface area contributed by atoms with Crippen LogP contribution < -0.4 is 4.74 Å². The lowest BCUT2D eigenvalue weighted by molar-refractivity contribution is -0.107. The smallest absolute Gasteiger partial charge is 0.129 e. The molecule has 19 heavy (non-hydrogen) atoms. The van der Waals surface area contributed by atoms with Crippen LogP contribution in [0.25, 0.3) is 0 Å². The molecule has 2 aromatic carbocycles. The van der Waals surface area contributed by atoms with Gasteiger partial charge in [0.2, 0.25) is 0 Å². The summed E-state index contributed by atoms with van der Waals surface area (Å²) in [5.74, 6) is 0.434. The molecule has 0 bridgehead atoms. The van der Waals surface area contributed by atoms with Gasteiger partial charge in [-0.15, -0.1) is 0 Å². The van der Waals surface area contributed by atoms with Crippen molar-refractivity contribution in [2.75, 3.05) is 0 Å². The largest absolute Gasteiger partial charge is 0.489 e. The van der Waals surface area contributed by atoms with Crippen LogP contribution in [0.4, 0.5) is 4.39 Å². The number of hydrogen-bond acceptors (Lipinski definition) is 2. The fourth-order valence-corrected chi connectivity index (χ4v) is 1.75. The maximum Gasteiger partial charge on any atom is 0.129 e. The first-order valence-corrected chi connectivity index (χ1v) is 6.18. The van der Waals surface area contributed by atoms with Crippen molar-refractivity contribution in [1.29, 1.82) is 0 Å². The summed E-state index contributed by atoms with van der Waals surface area (Å²) in [7, 11) is 0. The first-order chi connectivity index (χ1) is 9.29. The normalized spacial score (nSPS) is 10.2. The lowest BCUT2D eigenvalue weighted by atomic mass is 10.1. The topological polar surface area (TPSA) is 26.3 Å². The Hall–Kier alpha value is -2.16. The maximum absolute atomic E-state index is 13.4. The quantitative estimate of drug-likeness (QED) is 0.741. The predicted molar refractivity (Wildman–Crippen MR) is 71.6 cm³/mol. The van der Waals surface area contributed by atoms with E-state index in [1.54, 1.807) is 18.2 Å². The molecule has 0 aliphatic heterocycles. The molecule has 0 aliphatic rings. The molecule has 0 radical (unpaired) electrons. The summed E-state index contributed by atoms with van der Waals surface area (Å²) >= 11 is 0. The molecule has 0 saturated carbocycles. The van der Waals surface area contributed by atoms with Gasteiger partial charge in [0.25, 0.3) is 0 Å². The summed E-state index contributed by atoms with van der Waals surface area (Å²) < 4.78 is 18.9. The van der Waals surface area contributed by atoms with Gasteiger partial charge in [-0.25, -0.2) is 4.39 Å². The van der Waals surface area contributed by atoms with Crippen LogP contribution in [-0.2, 0) is 17.8 Å². The van der Waals surface area contributed by atoms with E-state index in [1.807, 2.05) is 24.3 Å². The van der Waals surface area contributed by atoms with E-state index in [0.29, 0.717) is 17.7 Å². The number of benzene rings is 2. The van der Waals surface area contributed by atoms with Gasteiger partial charge in [0.05, 0.1) is 0 Å². The van der Waals surface area contributed by atoms with Crippen LogP contribution in [-0.4, -0.2) is 6.29 Å². The highest BCUT2D eigenvalue weighted by molar-refractivity contribution is 5.50. The second-order valence-corrected chi connectivity index (χ2v) is 4.23. The number of aryl methyl sites for hydroxylation is 1. The monoisotopic (exact) mass is 258 g/mol. The standard InChI is InChI=1S/C16H15FO2/c17-16-6-2-1-5-14(16)12-19-15-9-7-13(8-10-15)4-3-11-18/h1-2,5-11H,3-4,12H2. The fraction of sp³-hybridized carbons (Fsp3) is 0.188. The van der Waals surface area contributed by atoms with Crippen LogP contribution in [0.15, 0.2) is 48.5 Å². The number of hydrogen-bond donors (Lipinski definition) is 0. The van der Waals surface area contributed by atoms with Crippen LogP contribution in [0, 0.1) is 5.82 Å². The van der Waals surface area contributed by atoms with Crippen molar-refractivity contribution >= 4 is 6.29 Å². The van der Waals surface area contributed by atoms with Gasteiger partial charge in [0.1, 0.15) is 24.5 Å². The van der Waals surface area contributed by atoms with Crippen LogP contribution in [0.2, 0.25) is 0 Å². The fourth-order valence-electron chi connectivity index (χ4n) is 1.75. The Labute approximate surface area is 111 Å². The average Bonchev–Trinajstić information content (AvgIpc) is 2.45. The van der Waals surface area contributed by atoms with E-state index >= 15 is 0 Å². The highest BCUT2D eigenvalue weighted by Gasteiger charge is 2.01. The van der Waals surface area contributed by atoms with Crippen molar-refractivity contribution < 1.29 is 13.9 Å². The molecular formula is C16H15FO2. The van der Waals surface area contributed by atoms with Gasteiger partial charge in [-0.05, 0) is 30.2 Å². The molecule has 2 nitrogen and oxygen atoms in total. The van der Waals surface area contributed by atoms with Gasteiger partial charge >= 0.3 is 0 Å². The summed E-state index contributed by atoms with van der Waals surface area (Å²) in [6.07, 6.45) is 2.16. The lowest BCUT2D eigenvalue weighted by Gasteiger charge is -2.07.